The molecule has 2 rings (SSSR count). The molecule has 2 aromatic carbocycles. The van der Waals surface area contributed by atoms with Crippen LogP contribution in [0.1, 0.15) is 11.6 Å². The molecule has 2 nitrogen and oxygen atoms in total. The Labute approximate surface area is 116 Å². The fourth-order valence-electron chi connectivity index (χ4n) is 2.25. The number of para-hydroxylation sites is 1. The van der Waals surface area contributed by atoms with Crippen molar-refractivity contribution in [2.75, 3.05) is 11.9 Å². The molecule has 0 bridgehead atoms. The van der Waals surface area contributed by atoms with Gasteiger partial charge < -0.3 is 9.69 Å². The van der Waals surface area contributed by atoms with Crippen molar-refractivity contribution in [1.29, 1.82) is 0 Å². The van der Waals surface area contributed by atoms with E-state index in [1.165, 1.54) is 0 Å². The minimum Gasteiger partial charge on any atom is -0.366 e. The summed E-state index contributed by atoms with van der Waals surface area (Å²) in [5, 5.41) is 0. The first-order valence-corrected chi connectivity index (χ1v) is 6.94. The van der Waals surface area contributed by atoms with Crippen LogP contribution in [0, 0.1) is 0 Å². The van der Waals surface area contributed by atoms with E-state index in [2.05, 4.69) is 38.4 Å². The Kier molecular flexibility index (Phi) is 4.70. The molecular formula is C16H18NOP. The Balaban J connectivity index is 2.36. The van der Waals surface area contributed by atoms with Crippen LogP contribution in [-0.2, 0) is 4.79 Å². The first-order valence-electron chi connectivity index (χ1n) is 6.27. The highest BCUT2D eigenvalue weighted by Crippen LogP contribution is 2.30. The Morgan fingerprint density at radius 2 is 1.53 bits per heavy atom. The van der Waals surface area contributed by atoms with Crippen LogP contribution in [0.2, 0.25) is 0 Å². The van der Waals surface area contributed by atoms with E-state index >= 15 is 0 Å². The van der Waals surface area contributed by atoms with E-state index in [-0.39, 0.29) is 11.7 Å². The highest BCUT2D eigenvalue weighted by Gasteiger charge is 2.23. The lowest BCUT2D eigenvalue weighted by Gasteiger charge is -2.32. The second-order valence-electron chi connectivity index (χ2n) is 4.52. The zero-order chi connectivity index (χ0) is 13.7. The zero-order valence-corrected chi connectivity index (χ0v) is 12.1. The van der Waals surface area contributed by atoms with Crippen molar-refractivity contribution in [3.63, 3.8) is 0 Å². The molecule has 98 valence electrons. The summed E-state index contributed by atoms with van der Waals surface area (Å²) in [4.78, 5) is 13.3. The molecule has 0 heterocycles. The summed E-state index contributed by atoms with van der Waals surface area (Å²) in [7, 11) is 4.65. The standard InChI is InChI=1S/C16H18NOP/c1-17(14-10-6-3-7-11-14)16(15(19)12-18)13-8-4-2-5-9-13/h2-12,15-16H,19H2,1H3. The highest BCUT2D eigenvalue weighted by molar-refractivity contribution is 7.19. The molecule has 0 aliphatic heterocycles. The third kappa shape index (κ3) is 3.21. The van der Waals surface area contributed by atoms with E-state index in [4.69, 9.17) is 0 Å². The summed E-state index contributed by atoms with van der Waals surface area (Å²) in [6, 6.07) is 20.2. The molecule has 0 aliphatic rings. The average molecular weight is 271 g/mol. The van der Waals surface area contributed by atoms with Gasteiger partial charge in [0.05, 0.1) is 11.7 Å². The quantitative estimate of drug-likeness (QED) is 0.614. The first kappa shape index (κ1) is 13.8. The molecule has 2 aromatic rings. The minimum absolute atomic E-state index is 0.0195. The summed E-state index contributed by atoms with van der Waals surface area (Å²) in [5.74, 6) is 0. The maximum absolute atomic E-state index is 11.2. The van der Waals surface area contributed by atoms with Gasteiger partial charge in [0.25, 0.3) is 0 Å². The molecule has 3 heteroatoms. The third-order valence-corrected chi connectivity index (χ3v) is 3.77. The Morgan fingerprint density at radius 1 is 1.00 bits per heavy atom. The predicted molar refractivity (Wildman–Crippen MR) is 83.6 cm³/mol. The van der Waals surface area contributed by atoms with E-state index in [9.17, 15) is 4.79 Å². The van der Waals surface area contributed by atoms with Crippen LogP contribution < -0.4 is 4.90 Å². The largest absolute Gasteiger partial charge is 0.366 e. The van der Waals surface area contributed by atoms with Crippen LogP contribution in [0.3, 0.4) is 0 Å². The molecule has 3 unspecified atom stereocenters. The number of aldehydes is 1. The van der Waals surface area contributed by atoms with Gasteiger partial charge in [-0.2, -0.15) is 0 Å². The summed E-state index contributed by atoms with van der Waals surface area (Å²) >= 11 is 0. The molecular weight excluding hydrogens is 253 g/mol. The van der Waals surface area contributed by atoms with Crippen LogP contribution in [-0.4, -0.2) is 19.0 Å². The smallest absolute Gasteiger partial charge is 0.129 e. The molecule has 3 atom stereocenters. The topological polar surface area (TPSA) is 20.3 Å². The van der Waals surface area contributed by atoms with Crippen molar-refractivity contribution in [2.24, 2.45) is 0 Å². The summed E-state index contributed by atoms with van der Waals surface area (Å²) in [5.41, 5.74) is 2.10. The SMILES string of the molecule is CN(c1ccccc1)C(c1ccccc1)C(P)C=O. The third-order valence-electron chi connectivity index (χ3n) is 3.24. The molecule has 0 radical (unpaired) electrons. The maximum atomic E-state index is 11.2. The van der Waals surface area contributed by atoms with Gasteiger partial charge in [0.15, 0.2) is 0 Å². The number of anilines is 1. The molecule has 0 spiro atoms. The fraction of sp³-hybridized carbons (Fsp3) is 0.188. The van der Waals surface area contributed by atoms with Gasteiger partial charge in [-0.25, -0.2) is 0 Å². The van der Waals surface area contributed by atoms with Crippen molar-refractivity contribution >= 4 is 21.2 Å². The molecule has 0 N–H and O–H groups in total. The monoisotopic (exact) mass is 271 g/mol. The van der Waals surface area contributed by atoms with Gasteiger partial charge in [-0.1, -0.05) is 48.5 Å². The number of carbonyl (C=O) groups is 1. The molecule has 0 fully saturated rings. The van der Waals surface area contributed by atoms with E-state index < -0.39 is 0 Å². The number of carbonyl (C=O) groups excluding carboxylic acids is 1. The highest BCUT2D eigenvalue weighted by atomic mass is 31.0. The maximum Gasteiger partial charge on any atom is 0.129 e. The van der Waals surface area contributed by atoms with Crippen molar-refractivity contribution in [2.45, 2.75) is 11.7 Å². The van der Waals surface area contributed by atoms with Crippen molar-refractivity contribution in [1.82, 2.24) is 0 Å². The lowest BCUT2D eigenvalue weighted by Crippen LogP contribution is -2.31. The molecule has 19 heavy (non-hydrogen) atoms. The van der Waals surface area contributed by atoms with Crippen LogP contribution in [0.4, 0.5) is 5.69 Å². The molecule has 0 saturated carbocycles. The Morgan fingerprint density at radius 3 is 2.05 bits per heavy atom. The number of hydrogen-bond acceptors (Lipinski definition) is 2. The first-order chi connectivity index (χ1) is 9.24. The average Bonchev–Trinajstić information content (AvgIpc) is 2.49. The van der Waals surface area contributed by atoms with Gasteiger partial charge in [0.2, 0.25) is 0 Å². The molecule has 0 saturated heterocycles. The van der Waals surface area contributed by atoms with Crippen molar-refractivity contribution in [3.8, 4) is 0 Å². The van der Waals surface area contributed by atoms with E-state index in [1.54, 1.807) is 0 Å². The minimum atomic E-state index is -0.146. The van der Waals surface area contributed by atoms with Crippen molar-refractivity contribution < 1.29 is 4.79 Å². The fourth-order valence-corrected chi connectivity index (χ4v) is 2.73. The number of rotatable bonds is 5. The number of hydrogen-bond donors (Lipinski definition) is 0. The van der Waals surface area contributed by atoms with E-state index in [0.717, 1.165) is 17.5 Å². The van der Waals surface area contributed by atoms with Crippen LogP contribution in [0.25, 0.3) is 0 Å². The Bertz CT molecular complexity index is 515. The summed E-state index contributed by atoms with van der Waals surface area (Å²) in [6.07, 6.45) is 0.988. The van der Waals surface area contributed by atoms with Crippen molar-refractivity contribution in [3.05, 3.63) is 66.2 Å². The second-order valence-corrected chi connectivity index (χ2v) is 5.29. The lowest BCUT2D eigenvalue weighted by molar-refractivity contribution is -0.107. The summed E-state index contributed by atoms with van der Waals surface area (Å²) < 4.78 is 0. The van der Waals surface area contributed by atoms with Gasteiger partial charge >= 0.3 is 0 Å². The van der Waals surface area contributed by atoms with Crippen LogP contribution in [0.15, 0.2) is 60.7 Å². The Hall–Kier alpha value is -1.66. The van der Waals surface area contributed by atoms with Gasteiger partial charge in [0, 0.05) is 12.7 Å². The van der Waals surface area contributed by atoms with Gasteiger partial charge in [-0.3, -0.25) is 0 Å². The van der Waals surface area contributed by atoms with Gasteiger partial charge in [-0.15, -0.1) is 9.24 Å². The zero-order valence-electron chi connectivity index (χ0n) is 10.9. The molecule has 0 amide bonds. The van der Waals surface area contributed by atoms with Gasteiger partial charge in [-0.05, 0) is 17.7 Å². The lowest BCUT2D eigenvalue weighted by atomic mass is 10.0. The number of benzene rings is 2. The van der Waals surface area contributed by atoms with Crippen LogP contribution in [0.5, 0.6) is 0 Å². The van der Waals surface area contributed by atoms with E-state index in [1.807, 2.05) is 43.4 Å². The molecule has 0 aliphatic carbocycles. The normalized spacial score (nSPS) is 13.6. The molecule has 0 aromatic heterocycles. The number of nitrogens with zero attached hydrogens (tertiary/aromatic N) is 1. The van der Waals surface area contributed by atoms with Crippen LogP contribution >= 0.6 is 9.24 Å². The van der Waals surface area contributed by atoms with E-state index in [0.29, 0.717) is 0 Å². The summed E-state index contributed by atoms with van der Waals surface area (Å²) in [6.45, 7) is 0. The van der Waals surface area contributed by atoms with Gasteiger partial charge in [0.1, 0.15) is 6.29 Å². The second kappa shape index (κ2) is 6.49. The predicted octanol–water partition coefficient (Wildman–Crippen LogP) is 3.31.